The summed E-state index contributed by atoms with van der Waals surface area (Å²) in [5, 5.41) is 5.71. The Labute approximate surface area is 217 Å². The van der Waals surface area contributed by atoms with E-state index in [0.29, 0.717) is 17.4 Å². The molecule has 3 atom stereocenters. The fourth-order valence-corrected chi connectivity index (χ4v) is 4.69. The Morgan fingerprint density at radius 2 is 1.92 bits per heavy atom. The number of nitrogens with zero attached hydrogens (tertiary/aromatic N) is 1. The van der Waals surface area contributed by atoms with Crippen LogP contribution in [0.25, 0.3) is 10.9 Å². The lowest BCUT2D eigenvalue weighted by atomic mass is 9.91. The molecule has 4 N–H and O–H groups in total. The number of para-hydroxylation sites is 1. The van der Waals surface area contributed by atoms with Gasteiger partial charge in [0.25, 0.3) is 5.91 Å². The zero-order valence-electron chi connectivity index (χ0n) is 21.3. The maximum Gasteiger partial charge on any atom is 0.522 e. The summed E-state index contributed by atoms with van der Waals surface area (Å²) in [5.41, 5.74) is 3.87. The van der Waals surface area contributed by atoms with Crippen LogP contribution in [0.5, 0.6) is 0 Å². The molecule has 3 rings (SSSR count). The lowest BCUT2D eigenvalue weighted by Crippen LogP contribution is -2.60. The number of halogens is 3. The first-order valence-corrected chi connectivity index (χ1v) is 12.1. The average molecular weight is 541 g/mol. The molecule has 0 radical (unpaired) electrons. The van der Waals surface area contributed by atoms with Gasteiger partial charge < -0.3 is 25.7 Å². The molecule has 0 bridgehead atoms. The number of carbonyl (C=O) groups is 4. The number of nitrogens with one attached hydrogen (secondary N) is 2. The Bertz CT molecular complexity index is 1210. The summed E-state index contributed by atoms with van der Waals surface area (Å²) in [6.07, 6.45) is -5.05. The van der Waals surface area contributed by atoms with Gasteiger partial charge in [-0.05, 0) is 30.9 Å². The summed E-state index contributed by atoms with van der Waals surface area (Å²) in [6, 6.07) is 7.32. The summed E-state index contributed by atoms with van der Waals surface area (Å²) >= 11 is 0. The second-order valence-corrected chi connectivity index (χ2v) is 9.63. The number of carbonyl (C=O) groups excluding carboxylic acids is 4. The van der Waals surface area contributed by atoms with Crippen molar-refractivity contribution in [1.82, 2.24) is 15.2 Å². The maximum absolute atomic E-state index is 13.9. The van der Waals surface area contributed by atoms with Crippen LogP contribution in [0.2, 0.25) is 0 Å². The predicted octanol–water partition coefficient (Wildman–Crippen LogP) is 2.42. The van der Waals surface area contributed by atoms with E-state index in [1.165, 1.54) is 10.6 Å². The zero-order chi connectivity index (χ0) is 28.3. The largest absolute Gasteiger partial charge is 0.522 e. The third kappa shape index (κ3) is 6.51. The molecule has 0 aliphatic carbocycles. The Kier molecular flexibility index (Phi) is 8.82. The second kappa shape index (κ2) is 11.5. The average Bonchev–Trinajstić information content (AvgIpc) is 3.43. The molecule has 1 aromatic heterocycles. The number of alkyl halides is 3. The number of methoxy groups -OCH3 is 1. The summed E-state index contributed by atoms with van der Waals surface area (Å²) in [6.45, 7) is 2.53. The van der Waals surface area contributed by atoms with Crippen LogP contribution in [-0.2, 0) is 23.9 Å². The summed E-state index contributed by atoms with van der Waals surface area (Å²) in [4.78, 5) is 51.6. The van der Waals surface area contributed by atoms with E-state index in [-0.39, 0.29) is 24.5 Å². The molecular weight excluding hydrogens is 509 g/mol. The maximum atomic E-state index is 13.9. The second-order valence-electron chi connectivity index (χ2n) is 9.63. The van der Waals surface area contributed by atoms with Gasteiger partial charge in [-0.3, -0.25) is 23.9 Å². The van der Waals surface area contributed by atoms with Gasteiger partial charge in [-0.25, -0.2) is 0 Å². The number of aromatic nitrogens is 1. The van der Waals surface area contributed by atoms with Crippen molar-refractivity contribution in [1.29, 1.82) is 0 Å². The first kappa shape index (κ1) is 29.1. The van der Waals surface area contributed by atoms with Crippen LogP contribution in [0.15, 0.2) is 30.3 Å². The third-order valence-corrected chi connectivity index (χ3v) is 6.50. The van der Waals surface area contributed by atoms with Crippen LogP contribution < -0.4 is 16.4 Å². The van der Waals surface area contributed by atoms with Gasteiger partial charge in [0.15, 0.2) is 0 Å². The standard InChI is InChI=1S/C25H31F3N4O6/c1-14(2)10-19(32-17-7-5-4-6-15(17)11-18(32)21(29)34)23(36)31-24(37-3,12-16-8-9-30-22(16)35)20(33)13-38-25(26,27)28/h4-7,11,14,16,19H,8-10,12-13H2,1-3H3,(H2,29,34)(H,30,35)(H,31,36)/t16-,19-,24-/m0/s1. The van der Waals surface area contributed by atoms with E-state index in [0.717, 1.165) is 7.11 Å². The van der Waals surface area contributed by atoms with Gasteiger partial charge >= 0.3 is 6.36 Å². The Morgan fingerprint density at radius 1 is 1.24 bits per heavy atom. The summed E-state index contributed by atoms with van der Waals surface area (Å²) < 4.78 is 48.8. The minimum absolute atomic E-state index is 0.0388. The van der Waals surface area contributed by atoms with Gasteiger partial charge in [-0.2, -0.15) is 0 Å². The molecule has 2 heterocycles. The van der Waals surface area contributed by atoms with E-state index in [4.69, 9.17) is 10.5 Å². The molecule has 208 valence electrons. The molecule has 1 aliphatic rings. The molecule has 2 aromatic rings. The van der Waals surface area contributed by atoms with Crippen molar-refractivity contribution in [2.75, 3.05) is 20.3 Å². The van der Waals surface area contributed by atoms with E-state index in [2.05, 4.69) is 15.4 Å². The lowest BCUT2D eigenvalue weighted by Gasteiger charge is -2.35. The molecule has 1 fully saturated rings. The Hall–Kier alpha value is -3.45. The van der Waals surface area contributed by atoms with Crippen molar-refractivity contribution < 1.29 is 41.8 Å². The molecule has 10 nitrogen and oxygen atoms in total. The number of benzene rings is 1. The molecule has 1 aliphatic heterocycles. The highest BCUT2D eigenvalue weighted by atomic mass is 19.4. The SMILES string of the molecule is CO[C@](C[C@@H]1CCNC1=O)(NC(=O)[C@H](CC(C)C)n1c(C(N)=O)cc2ccccc21)C(=O)COC(F)(F)F. The lowest BCUT2D eigenvalue weighted by molar-refractivity contribution is -0.322. The minimum Gasteiger partial charge on any atom is -0.364 e. The number of ether oxygens (including phenoxy) is 2. The smallest absolute Gasteiger partial charge is 0.364 e. The van der Waals surface area contributed by atoms with E-state index in [1.807, 2.05) is 13.8 Å². The summed E-state index contributed by atoms with van der Waals surface area (Å²) in [5.74, 6) is -4.13. The monoisotopic (exact) mass is 540 g/mol. The topological polar surface area (TPSA) is 142 Å². The molecule has 0 saturated carbocycles. The van der Waals surface area contributed by atoms with Gasteiger partial charge in [-0.15, -0.1) is 13.2 Å². The van der Waals surface area contributed by atoms with Crippen LogP contribution >= 0.6 is 0 Å². The fourth-order valence-electron chi connectivity index (χ4n) is 4.69. The normalized spacial score (nSPS) is 18.3. The number of ketones is 1. The number of Topliss-reactive ketones (excluding diaryl/α,β-unsaturated/α-hetero) is 1. The molecular formula is C25H31F3N4O6. The van der Waals surface area contributed by atoms with Crippen molar-refractivity contribution in [3.05, 3.63) is 36.0 Å². The van der Waals surface area contributed by atoms with Gasteiger partial charge in [0, 0.05) is 36.9 Å². The fraction of sp³-hybridized carbons (Fsp3) is 0.520. The molecule has 1 saturated heterocycles. The highest BCUT2D eigenvalue weighted by Gasteiger charge is 2.47. The highest BCUT2D eigenvalue weighted by Crippen LogP contribution is 2.31. The van der Waals surface area contributed by atoms with Gasteiger partial charge in [0.1, 0.15) is 18.3 Å². The van der Waals surface area contributed by atoms with Crippen molar-refractivity contribution in [3.8, 4) is 0 Å². The number of fused-ring (bicyclic) bond motifs is 1. The van der Waals surface area contributed by atoms with Crippen LogP contribution in [0.3, 0.4) is 0 Å². The molecule has 0 unspecified atom stereocenters. The van der Waals surface area contributed by atoms with E-state index in [1.54, 1.807) is 24.3 Å². The number of amides is 3. The Balaban J connectivity index is 2.06. The van der Waals surface area contributed by atoms with E-state index in [9.17, 15) is 32.3 Å². The molecule has 1 aromatic carbocycles. The zero-order valence-corrected chi connectivity index (χ0v) is 21.3. The number of hydrogen-bond donors (Lipinski definition) is 3. The number of primary amides is 1. The number of nitrogens with two attached hydrogens (primary N) is 1. The van der Waals surface area contributed by atoms with Gasteiger partial charge in [0.2, 0.25) is 23.3 Å². The Morgan fingerprint density at radius 3 is 2.47 bits per heavy atom. The van der Waals surface area contributed by atoms with Crippen LogP contribution in [-0.4, -0.2) is 60.4 Å². The predicted molar refractivity (Wildman–Crippen MR) is 130 cm³/mol. The third-order valence-electron chi connectivity index (χ3n) is 6.50. The van der Waals surface area contributed by atoms with Crippen LogP contribution in [0.4, 0.5) is 13.2 Å². The number of rotatable bonds is 12. The van der Waals surface area contributed by atoms with Crippen molar-refractivity contribution in [2.45, 2.75) is 51.2 Å². The first-order valence-electron chi connectivity index (χ1n) is 12.1. The molecule has 38 heavy (non-hydrogen) atoms. The quantitative estimate of drug-likeness (QED) is 0.353. The van der Waals surface area contributed by atoms with Crippen LogP contribution in [0.1, 0.15) is 49.6 Å². The van der Waals surface area contributed by atoms with E-state index < -0.39 is 60.6 Å². The minimum atomic E-state index is -5.11. The van der Waals surface area contributed by atoms with Gasteiger partial charge in [0.05, 0.1) is 0 Å². The first-order chi connectivity index (χ1) is 17.8. The molecule has 0 spiro atoms. The van der Waals surface area contributed by atoms with Gasteiger partial charge in [-0.1, -0.05) is 32.0 Å². The van der Waals surface area contributed by atoms with Crippen LogP contribution in [0, 0.1) is 11.8 Å². The molecule has 13 heteroatoms. The highest BCUT2D eigenvalue weighted by molar-refractivity contribution is 6.00. The summed E-state index contributed by atoms with van der Waals surface area (Å²) in [7, 11) is 1.05. The number of hydrogen-bond acceptors (Lipinski definition) is 6. The van der Waals surface area contributed by atoms with Crippen molar-refractivity contribution in [3.63, 3.8) is 0 Å². The van der Waals surface area contributed by atoms with Crippen molar-refractivity contribution in [2.24, 2.45) is 17.6 Å². The molecule has 3 amide bonds. The van der Waals surface area contributed by atoms with E-state index >= 15 is 0 Å². The van der Waals surface area contributed by atoms with Crippen molar-refractivity contribution >= 4 is 34.4 Å².